The quantitative estimate of drug-likeness (QED) is 0.704. The molecule has 0 aromatic carbocycles. The van der Waals surface area contributed by atoms with Crippen molar-refractivity contribution in [3.63, 3.8) is 0 Å². The highest BCUT2D eigenvalue weighted by Crippen LogP contribution is 2.00. The van der Waals surface area contributed by atoms with Gasteiger partial charge in [0.1, 0.15) is 12.9 Å². The number of carbonyl (C=O) groups excluding carboxylic acids is 1. The highest BCUT2D eigenvalue weighted by molar-refractivity contribution is 5.50. The Kier molecular flexibility index (Phi) is 18.1. The van der Waals surface area contributed by atoms with Crippen LogP contribution in [0.4, 0.5) is 0 Å². The summed E-state index contributed by atoms with van der Waals surface area (Å²) in [5.41, 5.74) is 0. The van der Waals surface area contributed by atoms with Crippen molar-refractivity contribution in [1.29, 1.82) is 0 Å². The summed E-state index contributed by atoms with van der Waals surface area (Å²) in [6.45, 7) is 16.6. The van der Waals surface area contributed by atoms with E-state index in [0.29, 0.717) is 0 Å². The molecule has 1 saturated heterocycles. The van der Waals surface area contributed by atoms with Gasteiger partial charge in [-0.3, -0.25) is 0 Å². The van der Waals surface area contributed by atoms with Gasteiger partial charge in [0.25, 0.3) is 0 Å². The molecule has 0 radical (unpaired) electrons. The Labute approximate surface area is 126 Å². The lowest BCUT2D eigenvalue weighted by atomic mass is 10.3. The molecule has 0 atom stereocenters. The highest BCUT2D eigenvalue weighted by atomic mass is 16.5. The zero-order chi connectivity index (χ0) is 15.8. The van der Waals surface area contributed by atoms with E-state index in [9.17, 15) is 4.79 Å². The van der Waals surface area contributed by atoms with E-state index in [2.05, 4.69) is 23.8 Å². The summed E-state index contributed by atoms with van der Waals surface area (Å²) in [6, 6.07) is 0. The maximum Gasteiger partial charge on any atom is 0.145 e. The molecule has 1 aliphatic heterocycles. The number of hydrogen-bond donors (Lipinski definition) is 0. The number of carbonyl (C=O) groups is 1. The molecule has 1 aliphatic rings. The maximum atomic E-state index is 9.58. The molecule has 0 unspecified atom stereocenters. The van der Waals surface area contributed by atoms with Crippen LogP contribution >= 0.6 is 0 Å². The number of likely N-dealkylation sites (N-methyl/N-ethyl adjacent to an activating group) is 1. The Morgan fingerprint density at radius 3 is 2.05 bits per heavy atom. The van der Waals surface area contributed by atoms with E-state index in [-0.39, 0.29) is 12.7 Å². The van der Waals surface area contributed by atoms with E-state index < -0.39 is 0 Å². The SMILES string of the molecule is CC.CC(C)OCC=O.CCCCN1CCN(C)CC1. The van der Waals surface area contributed by atoms with Crippen LogP contribution in [0.2, 0.25) is 0 Å². The predicted octanol–water partition coefficient (Wildman–Crippen LogP) is 2.67. The van der Waals surface area contributed by atoms with Crippen LogP contribution in [0.3, 0.4) is 0 Å². The lowest BCUT2D eigenvalue weighted by Gasteiger charge is -2.32. The number of ether oxygens (including phenoxy) is 1. The Bertz CT molecular complexity index is 188. The third-order valence-electron chi connectivity index (χ3n) is 2.92. The molecule has 4 heteroatoms. The molecule has 0 saturated carbocycles. The van der Waals surface area contributed by atoms with Gasteiger partial charge in [0.05, 0.1) is 6.10 Å². The Hall–Kier alpha value is -0.450. The molecule has 0 aromatic heterocycles. The summed E-state index contributed by atoms with van der Waals surface area (Å²) in [6.07, 6.45) is 3.61. The second-order valence-electron chi connectivity index (χ2n) is 5.05. The number of rotatable bonds is 6. The van der Waals surface area contributed by atoms with Crippen molar-refractivity contribution >= 4 is 6.29 Å². The zero-order valence-electron chi connectivity index (χ0n) is 14.5. The van der Waals surface area contributed by atoms with E-state index in [1.807, 2.05) is 27.7 Å². The van der Waals surface area contributed by atoms with Crippen LogP contribution in [-0.4, -0.2) is 68.6 Å². The minimum atomic E-state index is 0.171. The molecule has 20 heavy (non-hydrogen) atoms. The van der Waals surface area contributed by atoms with Gasteiger partial charge in [-0.05, 0) is 33.9 Å². The topological polar surface area (TPSA) is 32.8 Å². The molecular formula is C16H36N2O2. The molecule has 0 amide bonds. The van der Waals surface area contributed by atoms with Crippen LogP contribution in [0.25, 0.3) is 0 Å². The standard InChI is InChI=1S/C9H20N2.C5H10O2.C2H6/c1-3-4-5-11-8-6-10(2)7-9-11;1-5(2)7-4-3-6;1-2/h3-9H2,1-2H3;3,5H,4H2,1-2H3;1-2H3. The molecule has 1 rings (SSSR count). The minimum Gasteiger partial charge on any atom is -0.371 e. The summed E-state index contributed by atoms with van der Waals surface area (Å²) in [7, 11) is 2.21. The molecule has 0 aliphatic carbocycles. The monoisotopic (exact) mass is 288 g/mol. The lowest BCUT2D eigenvalue weighted by Crippen LogP contribution is -2.44. The van der Waals surface area contributed by atoms with Crippen molar-refractivity contribution in [2.75, 3.05) is 46.4 Å². The van der Waals surface area contributed by atoms with Gasteiger partial charge in [0.15, 0.2) is 0 Å². The van der Waals surface area contributed by atoms with Gasteiger partial charge < -0.3 is 19.3 Å². The number of aldehydes is 1. The van der Waals surface area contributed by atoms with Gasteiger partial charge in [-0.25, -0.2) is 0 Å². The van der Waals surface area contributed by atoms with Gasteiger partial charge in [0.2, 0.25) is 0 Å². The maximum absolute atomic E-state index is 9.58. The van der Waals surface area contributed by atoms with Crippen LogP contribution in [0.1, 0.15) is 47.5 Å². The Morgan fingerprint density at radius 1 is 1.15 bits per heavy atom. The first kappa shape index (κ1) is 21.8. The van der Waals surface area contributed by atoms with Gasteiger partial charge in [-0.2, -0.15) is 0 Å². The summed E-state index contributed by atoms with van der Waals surface area (Å²) < 4.78 is 4.82. The first-order chi connectivity index (χ1) is 9.60. The van der Waals surface area contributed by atoms with Crippen molar-refractivity contribution < 1.29 is 9.53 Å². The van der Waals surface area contributed by atoms with Crippen LogP contribution in [0.5, 0.6) is 0 Å². The van der Waals surface area contributed by atoms with Crippen LogP contribution < -0.4 is 0 Å². The number of unbranched alkanes of at least 4 members (excludes halogenated alkanes) is 1. The van der Waals surface area contributed by atoms with Crippen molar-refractivity contribution in [1.82, 2.24) is 9.80 Å². The predicted molar refractivity (Wildman–Crippen MR) is 87.3 cm³/mol. The van der Waals surface area contributed by atoms with E-state index in [4.69, 9.17) is 4.74 Å². The fraction of sp³-hybridized carbons (Fsp3) is 0.938. The van der Waals surface area contributed by atoms with Gasteiger partial charge in [-0.15, -0.1) is 0 Å². The summed E-state index contributed by atoms with van der Waals surface area (Å²) >= 11 is 0. The van der Waals surface area contributed by atoms with E-state index in [1.165, 1.54) is 45.6 Å². The molecule has 122 valence electrons. The fourth-order valence-corrected chi connectivity index (χ4v) is 1.68. The molecular weight excluding hydrogens is 252 g/mol. The van der Waals surface area contributed by atoms with Crippen LogP contribution in [0, 0.1) is 0 Å². The summed E-state index contributed by atoms with van der Waals surface area (Å²) in [5.74, 6) is 0. The van der Waals surface area contributed by atoms with Gasteiger partial charge in [0, 0.05) is 26.2 Å². The highest BCUT2D eigenvalue weighted by Gasteiger charge is 2.11. The molecule has 0 aromatic rings. The number of nitrogens with zero attached hydrogens (tertiary/aromatic N) is 2. The number of piperazine rings is 1. The van der Waals surface area contributed by atoms with Gasteiger partial charge in [-0.1, -0.05) is 27.2 Å². The summed E-state index contributed by atoms with van der Waals surface area (Å²) in [4.78, 5) is 14.6. The third kappa shape index (κ3) is 15.6. The fourth-order valence-electron chi connectivity index (χ4n) is 1.68. The largest absolute Gasteiger partial charge is 0.371 e. The average molecular weight is 288 g/mol. The Balaban J connectivity index is 0. The third-order valence-corrected chi connectivity index (χ3v) is 2.92. The molecule has 0 spiro atoms. The molecule has 1 heterocycles. The number of hydrogen-bond acceptors (Lipinski definition) is 4. The molecule has 0 N–H and O–H groups in total. The average Bonchev–Trinajstić information content (AvgIpc) is 2.47. The van der Waals surface area contributed by atoms with Crippen molar-refractivity contribution in [3.05, 3.63) is 0 Å². The molecule has 0 bridgehead atoms. The van der Waals surface area contributed by atoms with Gasteiger partial charge >= 0.3 is 0 Å². The molecule has 1 fully saturated rings. The zero-order valence-corrected chi connectivity index (χ0v) is 14.5. The second kappa shape index (κ2) is 16.6. The van der Waals surface area contributed by atoms with E-state index in [0.717, 1.165) is 6.29 Å². The van der Waals surface area contributed by atoms with E-state index in [1.54, 1.807) is 0 Å². The van der Waals surface area contributed by atoms with E-state index >= 15 is 0 Å². The Morgan fingerprint density at radius 2 is 1.70 bits per heavy atom. The van der Waals surface area contributed by atoms with Crippen LogP contribution in [0.15, 0.2) is 0 Å². The summed E-state index contributed by atoms with van der Waals surface area (Å²) in [5, 5.41) is 0. The lowest BCUT2D eigenvalue weighted by molar-refractivity contribution is -0.113. The minimum absolute atomic E-state index is 0.171. The smallest absolute Gasteiger partial charge is 0.145 e. The molecule has 4 nitrogen and oxygen atoms in total. The van der Waals surface area contributed by atoms with Crippen LogP contribution in [-0.2, 0) is 9.53 Å². The second-order valence-corrected chi connectivity index (χ2v) is 5.05. The first-order valence-corrected chi connectivity index (χ1v) is 8.06. The van der Waals surface area contributed by atoms with Crippen molar-refractivity contribution in [2.45, 2.75) is 53.6 Å². The normalized spacial score (nSPS) is 15.9. The first-order valence-electron chi connectivity index (χ1n) is 8.06. The van der Waals surface area contributed by atoms with Crippen molar-refractivity contribution in [3.8, 4) is 0 Å². The van der Waals surface area contributed by atoms with Crippen molar-refractivity contribution in [2.24, 2.45) is 0 Å².